The minimum Gasteiger partial charge on any atom is -0.329 e. The molecule has 0 unspecified atom stereocenters. The summed E-state index contributed by atoms with van der Waals surface area (Å²) in [5, 5.41) is 0. The molecule has 0 spiro atoms. The van der Waals surface area contributed by atoms with Gasteiger partial charge in [-0.15, -0.1) is 11.8 Å². The highest BCUT2D eigenvalue weighted by atomic mass is 79.9. The Bertz CT molecular complexity index is 317. The van der Waals surface area contributed by atoms with E-state index in [2.05, 4.69) is 40.2 Å². The maximum Gasteiger partial charge on any atom is 0.0329 e. The fraction of sp³-hybridized carbons (Fsp3) is 0.500. The van der Waals surface area contributed by atoms with Gasteiger partial charge in [-0.1, -0.05) is 28.8 Å². The topological polar surface area (TPSA) is 26.0 Å². The predicted molar refractivity (Wildman–Crippen MR) is 70.3 cm³/mol. The van der Waals surface area contributed by atoms with Crippen LogP contribution >= 0.6 is 27.7 Å². The Labute approximate surface area is 104 Å². The number of halogens is 1. The minimum atomic E-state index is 0.313. The molecule has 2 N–H and O–H groups in total. The number of hydrogen-bond acceptors (Lipinski definition) is 2. The zero-order chi connectivity index (χ0) is 10.7. The SMILES string of the molecule is NCC1(Sc2ccc(Br)cc2)CCCC1. The van der Waals surface area contributed by atoms with Gasteiger partial charge >= 0.3 is 0 Å². The van der Waals surface area contributed by atoms with Gasteiger partial charge in [0.1, 0.15) is 0 Å². The van der Waals surface area contributed by atoms with Crippen LogP contribution in [0.2, 0.25) is 0 Å². The molecule has 1 aliphatic rings. The van der Waals surface area contributed by atoms with E-state index < -0.39 is 0 Å². The van der Waals surface area contributed by atoms with Crippen molar-refractivity contribution in [1.29, 1.82) is 0 Å². The molecular weight excluding hydrogens is 270 g/mol. The van der Waals surface area contributed by atoms with E-state index in [0.29, 0.717) is 4.75 Å². The largest absolute Gasteiger partial charge is 0.329 e. The van der Waals surface area contributed by atoms with Crippen LogP contribution in [-0.2, 0) is 0 Å². The van der Waals surface area contributed by atoms with E-state index in [1.807, 2.05) is 11.8 Å². The van der Waals surface area contributed by atoms with E-state index in [1.165, 1.54) is 30.6 Å². The normalized spacial score (nSPS) is 19.3. The van der Waals surface area contributed by atoms with Crippen LogP contribution in [0, 0.1) is 0 Å². The molecule has 0 saturated heterocycles. The maximum atomic E-state index is 5.92. The molecule has 2 rings (SSSR count). The summed E-state index contributed by atoms with van der Waals surface area (Å²) in [4.78, 5) is 1.34. The van der Waals surface area contributed by atoms with Crippen LogP contribution in [0.4, 0.5) is 0 Å². The van der Waals surface area contributed by atoms with Crippen LogP contribution < -0.4 is 5.73 Å². The lowest BCUT2D eigenvalue weighted by Crippen LogP contribution is -2.30. The number of rotatable bonds is 3. The molecular formula is C12H16BrNS. The van der Waals surface area contributed by atoms with Gasteiger partial charge in [0.25, 0.3) is 0 Å². The van der Waals surface area contributed by atoms with E-state index in [9.17, 15) is 0 Å². The summed E-state index contributed by atoms with van der Waals surface area (Å²) in [6, 6.07) is 8.54. The highest BCUT2D eigenvalue weighted by molar-refractivity contribution is 9.10. The maximum absolute atomic E-state index is 5.92. The van der Waals surface area contributed by atoms with Gasteiger partial charge in [0.2, 0.25) is 0 Å². The molecule has 0 aliphatic heterocycles. The summed E-state index contributed by atoms with van der Waals surface area (Å²) in [5.41, 5.74) is 5.92. The highest BCUT2D eigenvalue weighted by Gasteiger charge is 2.33. The Morgan fingerprint density at radius 1 is 1.20 bits per heavy atom. The summed E-state index contributed by atoms with van der Waals surface area (Å²) in [6.45, 7) is 0.799. The van der Waals surface area contributed by atoms with Gasteiger partial charge in [-0.25, -0.2) is 0 Å². The van der Waals surface area contributed by atoms with Crippen LogP contribution in [-0.4, -0.2) is 11.3 Å². The second-order valence-corrected chi connectivity index (χ2v) is 6.61. The Balaban J connectivity index is 2.09. The van der Waals surface area contributed by atoms with Crippen molar-refractivity contribution in [2.75, 3.05) is 6.54 Å². The van der Waals surface area contributed by atoms with E-state index in [0.717, 1.165) is 11.0 Å². The summed E-state index contributed by atoms with van der Waals surface area (Å²) >= 11 is 5.42. The quantitative estimate of drug-likeness (QED) is 0.914. The average Bonchev–Trinajstić information content (AvgIpc) is 2.71. The molecule has 15 heavy (non-hydrogen) atoms. The summed E-state index contributed by atoms with van der Waals surface area (Å²) in [5.74, 6) is 0. The van der Waals surface area contributed by atoms with Gasteiger partial charge in [-0.05, 0) is 37.1 Å². The van der Waals surface area contributed by atoms with Gasteiger partial charge in [0, 0.05) is 20.7 Å². The molecule has 0 atom stereocenters. The first kappa shape index (κ1) is 11.5. The first-order valence-electron chi connectivity index (χ1n) is 5.39. The molecule has 0 aromatic heterocycles. The number of thioether (sulfide) groups is 1. The Kier molecular flexibility index (Phi) is 3.75. The molecule has 1 saturated carbocycles. The smallest absolute Gasteiger partial charge is 0.0329 e. The van der Waals surface area contributed by atoms with E-state index >= 15 is 0 Å². The first-order chi connectivity index (χ1) is 7.24. The second-order valence-electron chi connectivity index (χ2n) is 4.15. The van der Waals surface area contributed by atoms with Crippen LogP contribution in [0.15, 0.2) is 33.6 Å². The fourth-order valence-electron chi connectivity index (χ4n) is 2.12. The lowest BCUT2D eigenvalue weighted by molar-refractivity contribution is 0.619. The molecule has 1 aromatic carbocycles. The Hall–Kier alpha value is 0.01000. The van der Waals surface area contributed by atoms with Gasteiger partial charge in [-0.2, -0.15) is 0 Å². The van der Waals surface area contributed by atoms with E-state index in [4.69, 9.17) is 5.73 Å². The second kappa shape index (κ2) is 4.89. The van der Waals surface area contributed by atoms with Crippen molar-refractivity contribution in [3.63, 3.8) is 0 Å². The molecule has 0 heterocycles. The number of nitrogens with two attached hydrogens (primary N) is 1. The monoisotopic (exact) mass is 285 g/mol. The van der Waals surface area contributed by atoms with Crippen LogP contribution in [0.1, 0.15) is 25.7 Å². The average molecular weight is 286 g/mol. The van der Waals surface area contributed by atoms with Crippen molar-refractivity contribution < 1.29 is 0 Å². The molecule has 82 valence electrons. The summed E-state index contributed by atoms with van der Waals surface area (Å²) < 4.78 is 1.45. The van der Waals surface area contributed by atoms with Crippen LogP contribution in [0.5, 0.6) is 0 Å². The molecule has 1 aliphatic carbocycles. The summed E-state index contributed by atoms with van der Waals surface area (Å²) in [6.07, 6.45) is 5.20. The minimum absolute atomic E-state index is 0.313. The molecule has 1 aromatic rings. The van der Waals surface area contributed by atoms with Crippen molar-refractivity contribution >= 4 is 27.7 Å². The van der Waals surface area contributed by atoms with Gasteiger partial charge in [0.15, 0.2) is 0 Å². The van der Waals surface area contributed by atoms with Crippen molar-refractivity contribution in [2.45, 2.75) is 35.3 Å². The molecule has 0 radical (unpaired) electrons. The van der Waals surface area contributed by atoms with Crippen molar-refractivity contribution in [3.05, 3.63) is 28.7 Å². The van der Waals surface area contributed by atoms with Gasteiger partial charge in [-0.3, -0.25) is 0 Å². The summed E-state index contributed by atoms with van der Waals surface area (Å²) in [7, 11) is 0. The zero-order valence-electron chi connectivity index (χ0n) is 8.71. The lowest BCUT2D eigenvalue weighted by Gasteiger charge is -2.26. The van der Waals surface area contributed by atoms with Crippen LogP contribution in [0.25, 0.3) is 0 Å². The van der Waals surface area contributed by atoms with Crippen molar-refractivity contribution in [2.24, 2.45) is 5.73 Å². The lowest BCUT2D eigenvalue weighted by atomic mass is 10.1. The molecule has 1 nitrogen and oxygen atoms in total. The third-order valence-electron chi connectivity index (χ3n) is 3.03. The molecule has 0 amide bonds. The van der Waals surface area contributed by atoms with E-state index in [-0.39, 0.29) is 0 Å². The van der Waals surface area contributed by atoms with Crippen molar-refractivity contribution in [3.8, 4) is 0 Å². The third-order valence-corrected chi connectivity index (χ3v) is 5.08. The highest BCUT2D eigenvalue weighted by Crippen LogP contribution is 2.44. The molecule has 3 heteroatoms. The standard InChI is InChI=1S/C12H16BrNS/c13-10-3-5-11(6-4-10)15-12(9-14)7-1-2-8-12/h3-6H,1-2,7-9,14H2. The third kappa shape index (κ3) is 2.77. The predicted octanol–water partition coefficient (Wildman–Crippen LogP) is 3.81. The van der Waals surface area contributed by atoms with E-state index in [1.54, 1.807) is 0 Å². The Morgan fingerprint density at radius 3 is 2.33 bits per heavy atom. The number of benzene rings is 1. The molecule has 1 fully saturated rings. The fourth-order valence-corrected chi connectivity index (χ4v) is 3.73. The van der Waals surface area contributed by atoms with Crippen molar-refractivity contribution in [1.82, 2.24) is 0 Å². The number of hydrogen-bond donors (Lipinski definition) is 1. The Morgan fingerprint density at radius 2 is 1.80 bits per heavy atom. The first-order valence-corrected chi connectivity index (χ1v) is 7.00. The van der Waals surface area contributed by atoms with Gasteiger partial charge in [0.05, 0.1) is 0 Å². The molecule has 0 bridgehead atoms. The van der Waals surface area contributed by atoms with Crippen LogP contribution in [0.3, 0.4) is 0 Å². The zero-order valence-corrected chi connectivity index (χ0v) is 11.1. The van der Waals surface area contributed by atoms with Gasteiger partial charge < -0.3 is 5.73 Å².